The van der Waals surface area contributed by atoms with E-state index in [1.54, 1.807) is 0 Å². The minimum atomic E-state index is -0.797. The van der Waals surface area contributed by atoms with Gasteiger partial charge in [-0.2, -0.15) is 0 Å². The van der Waals surface area contributed by atoms with Crippen molar-refractivity contribution in [2.24, 2.45) is 0 Å². The van der Waals surface area contributed by atoms with E-state index in [4.69, 9.17) is 14.2 Å². The first-order chi connectivity index (χ1) is 32.0. The molecule has 0 aliphatic rings. The molecule has 1 atom stereocenters. The minimum absolute atomic E-state index is 0.0928. The second-order valence-electron chi connectivity index (χ2n) is 18.1. The first-order valence-corrected chi connectivity index (χ1v) is 27.4. The Morgan fingerprint density at radius 2 is 0.631 bits per heavy atom. The number of allylic oxidation sites excluding steroid dienone is 12. The van der Waals surface area contributed by atoms with Crippen molar-refractivity contribution in [2.45, 2.75) is 271 Å². The van der Waals surface area contributed by atoms with Gasteiger partial charge in [0.25, 0.3) is 0 Å². The fourth-order valence-electron chi connectivity index (χ4n) is 7.55. The summed E-state index contributed by atoms with van der Waals surface area (Å²) in [5, 5.41) is 0. The lowest BCUT2D eigenvalue weighted by atomic mass is 10.1. The van der Waals surface area contributed by atoms with Gasteiger partial charge in [0.05, 0.1) is 0 Å². The van der Waals surface area contributed by atoms with Crippen LogP contribution < -0.4 is 0 Å². The number of rotatable bonds is 49. The van der Waals surface area contributed by atoms with Crippen molar-refractivity contribution in [3.63, 3.8) is 0 Å². The molecule has 0 radical (unpaired) electrons. The van der Waals surface area contributed by atoms with E-state index in [1.165, 1.54) is 109 Å². The average Bonchev–Trinajstić information content (AvgIpc) is 3.30. The van der Waals surface area contributed by atoms with Crippen LogP contribution in [0.2, 0.25) is 0 Å². The van der Waals surface area contributed by atoms with Gasteiger partial charge in [0.1, 0.15) is 13.2 Å². The third-order valence-electron chi connectivity index (χ3n) is 11.6. The lowest BCUT2D eigenvalue weighted by molar-refractivity contribution is -0.167. The summed E-state index contributed by atoms with van der Waals surface area (Å²) >= 11 is 0. The molecule has 0 spiro atoms. The summed E-state index contributed by atoms with van der Waals surface area (Å²) in [6.07, 6.45) is 67.5. The highest BCUT2D eigenvalue weighted by Crippen LogP contribution is 2.15. The molecule has 0 bridgehead atoms. The number of carbonyl (C=O) groups is 3. The van der Waals surface area contributed by atoms with E-state index in [-0.39, 0.29) is 31.1 Å². The SMILES string of the molecule is CC/C=C\C/C=C\C/C=C\CCCCCC(=O)OC(COC(=O)CCCCCCC/C=C\C/C=C\CCC)COC(=O)CCCCCCCCCCC/C=C\CCCCCCCCCC. The molecule has 6 heteroatoms. The monoisotopic (exact) mass is 907 g/mol. The van der Waals surface area contributed by atoms with Gasteiger partial charge in [-0.15, -0.1) is 0 Å². The first-order valence-electron chi connectivity index (χ1n) is 27.4. The number of hydrogen-bond donors (Lipinski definition) is 0. The third kappa shape index (κ3) is 51.7. The van der Waals surface area contributed by atoms with E-state index in [0.717, 1.165) is 116 Å². The minimum Gasteiger partial charge on any atom is -0.462 e. The Kier molecular flexibility index (Phi) is 50.9. The molecule has 0 saturated carbocycles. The van der Waals surface area contributed by atoms with Gasteiger partial charge in [0, 0.05) is 19.3 Å². The Morgan fingerprint density at radius 1 is 0.323 bits per heavy atom. The highest BCUT2D eigenvalue weighted by molar-refractivity contribution is 5.71. The van der Waals surface area contributed by atoms with E-state index in [0.29, 0.717) is 19.3 Å². The Morgan fingerprint density at radius 3 is 1.03 bits per heavy atom. The Bertz CT molecular complexity index is 1230. The normalized spacial score (nSPS) is 12.6. The molecule has 0 amide bonds. The fourth-order valence-corrected chi connectivity index (χ4v) is 7.55. The lowest BCUT2D eigenvalue weighted by Crippen LogP contribution is -2.30. The van der Waals surface area contributed by atoms with Gasteiger partial charge in [0.15, 0.2) is 6.10 Å². The molecule has 0 aromatic heterocycles. The summed E-state index contributed by atoms with van der Waals surface area (Å²) < 4.78 is 16.8. The summed E-state index contributed by atoms with van der Waals surface area (Å²) in [5.74, 6) is -0.936. The van der Waals surface area contributed by atoms with Crippen molar-refractivity contribution in [3.05, 3.63) is 72.9 Å². The number of ether oxygens (including phenoxy) is 3. The Balaban J connectivity index is 4.35. The fraction of sp³-hybridized carbons (Fsp3) is 0.746. The van der Waals surface area contributed by atoms with Crippen LogP contribution in [0.3, 0.4) is 0 Å². The van der Waals surface area contributed by atoms with Crippen LogP contribution in [0.15, 0.2) is 72.9 Å². The summed E-state index contributed by atoms with van der Waals surface area (Å²) in [4.78, 5) is 38.0. The van der Waals surface area contributed by atoms with Crippen LogP contribution in [0, 0.1) is 0 Å². The van der Waals surface area contributed by atoms with Gasteiger partial charge < -0.3 is 14.2 Å². The predicted octanol–water partition coefficient (Wildman–Crippen LogP) is 18.2. The van der Waals surface area contributed by atoms with Crippen molar-refractivity contribution in [2.75, 3.05) is 13.2 Å². The molecule has 1 unspecified atom stereocenters. The Labute approximate surface area is 402 Å². The molecule has 0 aliphatic carbocycles. The maximum absolute atomic E-state index is 12.8. The molecule has 0 heterocycles. The first kappa shape index (κ1) is 61.9. The predicted molar refractivity (Wildman–Crippen MR) is 279 cm³/mol. The quantitative estimate of drug-likeness (QED) is 0.0262. The smallest absolute Gasteiger partial charge is 0.306 e. The van der Waals surface area contributed by atoms with Crippen LogP contribution in [-0.4, -0.2) is 37.2 Å². The zero-order valence-corrected chi connectivity index (χ0v) is 42.7. The standard InChI is InChI=1S/C59H102O6/c1-4-7-10-13-16-19-22-25-26-27-28-29-30-31-32-35-37-40-43-46-49-52-58(61)64-55-56(65-59(62)53-50-47-44-41-38-34-24-21-18-15-12-9-6-3)54-63-57(60)51-48-45-42-39-36-33-23-20-17-14-11-8-5-2/h9,11-12,14,18,20-21,23,27-28,34,38,56H,4-8,10,13,15-17,19,22,24-26,29-33,35-37,39-55H2,1-3H3/b12-9-,14-11-,21-18-,23-20-,28-27-,38-34-. The topological polar surface area (TPSA) is 78.9 Å². The second kappa shape index (κ2) is 53.5. The zero-order chi connectivity index (χ0) is 47.2. The molecule has 0 aliphatic heterocycles. The molecular weight excluding hydrogens is 805 g/mol. The number of esters is 3. The van der Waals surface area contributed by atoms with Crippen LogP contribution in [-0.2, 0) is 28.6 Å². The number of unbranched alkanes of at least 4 members (excludes halogenated alkanes) is 26. The molecule has 65 heavy (non-hydrogen) atoms. The van der Waals surface area contributed by atoms with Gasteiger partial charge in [-0.25, -0.2) is 0 Å². The molecule has 0 aromatic rings. The van der Waals surface area contributed by atoms with Crippen LogP contribution in [0.5, 0.6) is 0 Å². The third-order valence-corrected chi connectivity index (χ3v) is 11.6. The molecular formula is C59H102O6. The van der Waals surface area contributed by atoms with Crippen molar-refractivity contribution >= 4 is 17.9 Å². The summed E-state index contributed by atoms with van der Waals surface area (Å²) in [6, 6.07) is 0. The van der Waals surface area contributed by atoms with Crippen LogP contribution in [0.25, 0.3) is 0 Å². The number of carbonyl (C=O) groups excluding carboxylic acids is 3. The van der Waals surface area contributed by atoms with Crippen molar-refractivity contribution < 1.29 is 28.6 Å². The van der Waals surface area contributed by atoms with Crippen molar-refractivity contribution in [1.82, 2.24) is 0 Å². The molecule has 0 N–H and O–H groups in total. The maximum Gasteiger partial charge on any atom is 0.306 e. The van der Waals surface area contributed by atoms with Crippen LogP contribution in [0.4, 0.5) is 0 Å². The zero-order valence-electron chi connectivity index (χ0n) is 42.7. The van der Waals surface area contributed by atoms with E-state index >= 15 is 0 Å². The van der Waals surface area contributed by atoms with Gasteiger partial charge in [-0.1, -0.05) is 216 Å². The van der Waals surface area contributed by atoms with E-state index in [9.17, 15) is 14.4 Å². The van der Waals surface area contributed by atoms with Crippen LogP contribution >= 0.6 is 0 Å². The molecule has 374 valence electrons. The molecule has 0 aromatic carbocycles. The second-order valence-corrected chi connectivity index (χ2v) is 18.1. The largest absolute Gasteiger partial charge is 0.462 e. The molecule has 6 nitrogen and oxygen atoms in total. The Hall–Kier alpha value is -3.15. The van der Waals surface area contributed by atoms with E-state index < -0.39 is 6.10 Å². The van der Waals surface area contributed by atoms with Crippen molar-refractivity contribution in [1.29, 1.82) is 0 Å². The molecule has 0 rings (SSSR count). The highest BCUT2D eigenvalue weighted by Gasteiger charge is 2.19. The number of hydrogen-bond acceptors (Lipinski definition) is 6. The van der Waals surface area contributed by atoms with E-state index in [2.05, 4.69) is 93.7 Å². The highest BCUT2D eigenvalue weighted by atomic mass is 16.6. The molecule has 0 saturated heterocycles. The van der Waals surface area contributed by atoms with Gasteiger partial charge in [-0.05, 0) is 103 Å². The average molecular weight is 907 g/mol. The van der Waals surface area contributed by atoms with Crippen molar-refractivity contribution in [3.8, 4) is 0 Å². The summed E-state index contributed by atoms with van der Waals surface area (Å²) in [5.41, 5.74) is 0. The summed E-state index contributed by atoms with van der Waals surface area (Å²) in [7, 11) is 0. The van der Waals surface area contributed by atoms with Gasteiger partial charge >= 0.3 is 17.9 Å². The van der Waals surface area contributed by atoms with Crippen LogP contribution in [0.1, 0.15) is 265 Å². The van der Waals surface area contributed by atoms with Gasteiger partial charge in [0.2, 0.25) is 0 Å². The lowest BCUT2D eigenvalue weighted by Gasteiger charge is -2.18. The van der Waals surface area contributed by atoms with Gasteiger partial charge in [-0.3, -0.25) is 14.4 Å². The summed E-state index contributed by atoms with van der Waals surface area (Å²) in [6.45, 7) is 6.43. The maximum atomic E-state index is 12.8. The molecule has 0 fully saturated rings. The van der Waals surface area contributed by atoms with E-state index in [1.807, 2.05) is 0 Å².